The molecule has 0 bridgehead atoms. The molecule has 4 heterocycles. The molecule has 5 rings (SSSR count). The molecule has 0 saturated carbocycles. The van der Waals surface area contributed by atoms with Gasteiger partial charge in [0.15, 0.2) is 5.84 Å². The number of furan rings is 1. The normalized spacial score (nSPS) is 14.7. The van der Waals surface area contributed by atoms with Crippen LogP contribution in [0.2, 0.25) is 0 Å². The standard InChI is InChI=1S/C22H18N4O7S2/c1-34(29,30)24-13-7-8-16-18(11-13)35(31,32)25-21(23-16)19-20(27)15(12-14-5-4-10-33-14)17-6-2-3-9-26(17)22(19)28/h2-11,24,27H,12H2,1H3,(H,23,25). The molecule has 0 saturated heterocycles. The Morgan fingerprint density at radius 1 is 1.17 bits per heavy atom. The number of hydrogen-bond donors (Lipinski definition) is 3. The molecule has 35 heavy (non-hydrogen) atoms. The van der Waals surface area contributed by atoms with E-state index >= 15 is 0 Å². The minimum Gasteiger partial charge on any atom is -0.507 e. The van der Waals surface area contributed by atoms with Gasteiger partial charge in [0.2, 0.25) is 10.0 Å². The van der Waals surface area contributed by atoms with Crippen LogP contribution in [-0.4, -0.2) is 38.4 Å². The Morgan fingerprint density at radius 2 is 1.97 bits per heavy atom. The maximum atomic E-state index is 13.3. The molecule has 0 amide bonds. The number of benzene rings is 1. The van der Waals surface area contributed by atoms with Gasteiger partial charge in [-0.3, -0.25) is 13.9 Å². The first-order chi connectivity index (χ1) is 16.5. The topological polar surface area (TPSA) is 160 Å². The van der Waals surface area contributed by atoms with Gasteiger partial charge in [-0.05, 0) is 42.5 Å². The summed E-state index contributed by atoms with van der Waals surface area (Å²) in [6.45, 7) is 0. The molecule has 1 aromatic carbocycles. The highest BCUT2D eigenvalue weighted by Gasteiger charge is 2.30. The van der Waals surface area contributed by atoms with Gasteiger partial charge in [-0.25, -0.2) is 8.42 Å². The molecule has 13 heteroatoms. The van der Waals surface area contributed by atoms with Crippen LogP contribution in [-0.2, 0) is 26.5 Å². The van der Waals surface area contributed by atoms with E-state index in [4.69, 9.17) is 4.42 Å². The lowest BCUT2D eigenvalue weighted by atomic mass is 10.0. The van der Waals surface area contributed by atoms with Gasteiger partial charge in [0.1, 0.15) is 22.0 Å². The van der Waals surface area contributed by atoms with Crippen molar-refractivity contribution in [2.75, 3.05) is 16.3 Å². The van der Waals surface area contributed by atoms with Gasteiger partial charge in [-0.15, -0.1) is 4.40 Å². The smallest absolute Gasteiger partial charge is 0.286 e. The van der Waals surface area contributed by atoms with Gasteiger partial charge in [0.05, 0.1) is 23.7 Å². The van der Waals surface area contributed by atoms with E-state index in [1.54, 1.807) is 30.3 Å². The SMILES string of the molecule is CS(=O)(=O)Nc1ccc2c(c1)S(=O)(=O)N=C(c1c(O)c(Cc3ccco3)c3ccccn3c1=O)N2. The van der Waals surface area contributed by atoms with Crippen LogP contribution in [0.3, 0.4) is 0 Å². The third-order valence-electron chi connectivity index (χ3n) is 5.32. The molecule has 0 spiro atoms. The number of nitrogens with zero attached hydrogens (tertiary/aromatic N) is 2. The third-order valence-corrected chi connectivity index (χ3v) is 7.24. The Balaban J connectivity index is 1.69. The molecule has 0 unspecified atom stereocenters. The van der Waals surface area contributed by atoms with Crippen LogP contribution in [0.1, 0.15) is 16.9 Å². The first-order valence-corrected chi connectivity index (χ1v) is 13.5. The fraction of sp³-hybridized carbons (Fsp3) is 0.0909. The van der Waals surface area contributed by atoms with Crippen LogP contribution in [0.25, 0.3) is 5.52 Å². The average Bonchev–Trinajstić information content (AvgIpc) is 3.29. The van der Waals surface area contributed by atoms with Crippen LogP contribution in [0.15, 0.2) is 79.5 Å². The molecule has 4 aromatic rings. The zero-order chi connectivity index (χ0) is 25.0. The van der Waals surface area contributed by atoms with E-state index in [1.807, 2.05) is 0 Å². The largest absolute Gasteiger partial charge is 0.507 e. The van der Waals surface area contributed by atoms with Crippen LogP contribution in [0.5, 0.6) is 5.75 Å². The van der Waals surface area contributed by atoms with E-state index in [-0.39, 0.29) is 34.1 Å². The van der Waals surface area contributed by atoms with Crippen LogP contribution >= 0.6 is 0 Å². The van der Waals surface area contributed by atoms with E-state index in [0.29, 0.717) is 16.8 Å². The molecular formula is C22H18N4O7S2. The fourth-order valence-electron chi connectivity index (χ4n) is 3.88. The Morgan fingerprint density at radius 3 is 2.69 bits per heavy atom. The zero-order valence-electron chi connectivity index (χ0n) is 18.1. The van der Waals surface area contributed by atoms with Crippen molar-refractivity contribution in [2.24, 2.45) is 4.40 Å². The first kappa shape index (κ1) is 22.7. The van der Waals surface area contributed by atoms with Crippen molar-refractivity contribution >= 4 is 42.8 Å². The molecule has 3 aromatic heterocycles. The number of aromatic hydroxyl groups is 1. The van der Waals surface area contributed by atoms with Gasteiger partial charge in [0.25, 0.3) is 15.6 Å². The predicted octanol–water partition coefficient (Wildman–Crippen LogP) is 2.12. The van der Waals surface area contributed by atoms with Crippen LogP contribution in [0.4, 0.5) is 11.4 Å². The Kier molecular flexibility index (Phi) is 5.18. The molecule has 0 fully saturated rings. The van der Waals surface area contributed by atoms with Crippen LogP contribution in [0, 0.1) is 0 Å². The van der Waals surface area contributed by atoms with Gasteiger partial charge < -0.3 is 14.8 Å². The summed E-state index contributed by atoms with van der Waals surface area (Å²) >= 11 is 0. The zero-order valence-corrected chi connectivity index (χ0v) is 19.7. The molecule has 11 nitrogen and oxygen atoms in total. The maximum Gasteiger partial charge on any atom is 0.286 e. The number of aromatic nitrogens is 1. The van der Waals surface area contributed by atoms with E-state index in [0.717, 1.165) is 12.3 Å². The molecule has 0 aliphatic carbocycles. The van der Waals surface area contributed by atoms with Crippen molar-refractivity contribution in [3.63, 3.8) is 0 Å². The van der Waals surface area contributed by atoms with Gasteiger partial charge in [-0.1, -0.05) is 6.07 Å². The van der Waals surface area contributed by atoms with Crippen molar-refractivity contribution in [3.8, 4) is 5.75 Å². The minimum atomic E-state index is -4.35. The molecule has 1 aliphatic heterocycles. The summed E-state index contributed by atoms with van der Waals surface area (Å²) in [4.78, 5) is 13.0. The highest BCUT2D eigenvalue weighted by atomic mass is 32.2. The molecule has 180 valence electrons. The Bertz CT molecular complexity index is 1790. The molecule has 1 aliphatic rings. The average molecular weight is 515 g/mol. The monoisotopic (exact) mass is 514 g/mol. The van der Waals surface area contributed by atoms with Gasteiger partial charge in [0, 0.05) is 23.9 Å². The first-order valence-electron chi connectivity index (χ1n) is 10.2. The second-order valence-electron chi connectivity index (χ2n) is 7.84. The predicted molar refractivity (Wildman–Crippen MR) is 129 cm³/mol. The Labute approximate surface area is 199 Å². The Hall–Kier alpha value is -4.10. The number of fused-ring (bicyclic) bond motifs is 2. The molecule has 3 N–H and O–H groups in total. The summed E-state index contributed by atoms with van der Waals surface area (Å²) in [6, 6.07) is 12.2. The summed E-state index contributed by atoms with van der Waals surface area (Å²) < 4.78 is 61.6. The number of anilines is 2. The lowest BCUT2D eigenvalue weighted by Crippen LogP contribution is -2.31. The quantitative estimate of drug-likeness (QED) is 0.365. The summed E-state index contributed by atoms with van der Waals surface area (Å²) in [6.07, 6.45) is 4.05. The third kappa shape index (κ3) is 4.15. The van der Waals surface area contributed by atoms with E-state index in [1.165, 1.54) is 29.0 Å². The second-order valence-corrected chi connectivity index (χ2v) is 11.2. The van der Waals surface area contributed by atoms with Gasteiger partial charge >= 0.3 is 0 Å². The molecule has 0 radical (unpaired) electrons. The number of pyridine rings is 2. The highest BCUT2D eigenvalue weighted by molar-refractivity contribution is 7.92. The van der Waals surface area contributed by atoms with Crippen molar-refractivity contribution in [2.45, 2.75) is 11.3 Å². The second kappa shape index (κ2) is 7.99. The summed E-state index contributed by atoms with van der Waals surface area (Å²) in [5.74, 6) is -0.265. The summed E-state index contributed by atoms with van der Waals surface area (Å²) in [5.41, 5.74) is -0.144. The number of rotatable bonds is 5. The minimum absolute atomic E-state index is 0.0321. The number of hydrogen-bond acceptors (Lipinski definition) is 8. The number of nitrogens with one attached hydrogen (secondary N) is 2. The van der Waals surface area contributed by atoms with E-state index in [9.17, 15) is 26.7 Å². The molecule has 0 atom stereocenters. The van der Waals surface area contributed by atoms with Crippen LogP contribution < -0.4 is 15.6 Å². The lowest BCUT2D eigenvalue weighted by molar-refractivity contribution is 0.461. The summed E-state index contributed by atoms with van der Waals surface area (Å²) in [7, 11) is -7.99. The highest BCUT2D eigenvalue weighted by Crippen LogP contribution is 2.34. The van der Waals surface area contributed by atoms with E-state index in [2.05, 4.69) is 14.4 Å². The van der Waals surface area contributed by atoms with Crippen molar-refractivity contribution in [1.82, 2.24) is 4.40 Å². The fourth-order valence-corrected chi connectivity index (χ4v) is 5.58. The lowest BCUT2D eigenvalue weighted by Gasteiger charge is -2.21. The summed E-state index contributed by atoms with van der Waals surface area (Å²) in [5, 5.41) is 13.9. The number of amidine groups is 1. The maximum absolute atomic E-state index is 13.3. The number of sulfonamides is 2. The van der Waals surface area contributed by atoms with Gasteiger partial charge in [-0.2, -0.15) is 8.42 Å². The van der Waals surface area contributed by atoms with Crippen molar-refractivity contribution < 1.29 is 26.4 Å². The van der Waals surface area contributed by atoms with Crippen molar-refractivity contribution in [1.29, 1.82) is 0 Å². The molecular weight excluding hydrogens is 496 g/mol. The van der Waals surface area contributed by atoms with E-state index < -0.39 is 31.4 Å². The van der Waals surface area contributed by atoms with Crippen molar-refractivity contribution in [3.05, 3.63) is 88.2 Å².